The summed E-state index contributed by atoms with van der Waals surface area (Å²) in [6, 6.07) is 20.7. The molecule has 1 amide bonds. The second kappa shape index (κ2) is 10.1. The molecule has 2 aromatic carbocycles. The van der Waals surface area contributed by atoms with Crippen LogP contribution in [0.25, 0.3) is 11.1 Å². The highest BCUT2D eigenvalue weighted by Gasteiger charge is 2.10. The Balaban J connectivity index is 1.52. The molecule has 3 aromatic rings. The molecule has 30 heavy (non-hydrogen) atoms. The number of hydrogen-bond acceptors (Lipinski definition) is 5. The standard InChI is InChI=1S/C24H24N4O2/c1-17(28-24(29)30-16-18-5-3-2-4-6-18)7-9-21-14-20(11-12-27-21)22-10-8-19(15-25)13-23(22)26/h2-6,8,10-14,17H,7,9,16,26H2,1H3,(H,28,29). The molecule has 1 atom stereocenters. The highest BCUT2D eigenvalue weighted by atomic mass is 16.5. The van der Waals surface area contributed by atoms with E-state index < -0.39 is 6.09 Å². The van der Waals surface area contributed by atoms with E-state index in [0.717, 1.165) is 28.8 Å². The minimum Gasteiger partial charge on any atom is -0.445 e. The fraction of sp³-hybridized carbons (Fsp3) is 0.208. The van der Waals surface area contributed by atoms with Crippen molar-refractivity contribution in [3.63, 3.8) is 0 Å². The van der Waals surface area contributed by atoms with Crippen LogP contribution in [0.5, 0.6) is 0 Å². The van der Waals surface area contributed by atoms with Gasteiger partial charge < -0.3 is 15.8 Å². The van der Waals surface area contributed by atoms with Gasteiger partial charge in [0.05, 0.1) is 11.6 Å². The van der Waals surface area contributed by atoms with Crippen LogP contribution < -0.4 is 11.1 Å². The van der Waals surface area contributed by atoms with E-state index in [0.29, 0.717) is 17.7 Å². The predicted octanol–water partition coefficient (Wildman–Crippen LogP) is 4.45. The fourth-order valence-corrected chi connectivity index (χ4v) is 3.08. The monoisotopic (exact) mass is 400 g/mol. The maximum absolute atomic E-state index is 12.0. The third-order valence-electron chi connectivity index (χ3n) is 4.72. The lowest BCUT2D eigenvalue weighted by Gasteiger charge is -2.14. The van der Waals surface area contributed by atoms with Crippen molar-refractivity contribution in [1.29, 1.82) is 5.26 Å². The van der Waals surface area contributed by atoms with Crippen LogP contribution in [0.3, 0.4) is 0 Å². The molecular formula is C24H24N4O2. The highest BCUT2D eigenvalue weighted by Crippen LogP contribution is 2.27. The zero-order valence-corrected chi connectivity index (χ0v) is 16.8. The van der Waals surface area contributed by atoms with Gasteiger partial charge in [0.25, 0.3) is 0 Å². The number of nitrogen functional groups attached to an aromatic ring is 1. The number of carbonyl (C=O) groups excluding carboxylic acids is 1. The minimum absolute atomic E-state index is 0.0567. The molecule has 3 N–H and O–H groups in total. The van der Waals surface area contributed by atoms with E-state index in [1.807, 2.05) is 55.5 Å². The quantitative estimate of drug-likeness (QED) is 0.571. The molecule has 0 aliphatic carbocycles. The van der Waals surface area contributed by atoms with Gasteiger partial charge in [0.15, 0.2) is 0 Å². The maximum atomic E-state index is 12.0. The molecule has 0 saturated heterocycles. The van der Waals surface area contributed by atoms with E-state index in [-0.39, 0.29) is 12.6 Å². The largest absolute Gasteiger partial charge is 0.445 e. The van der Waals surface area contributed by atoms with Crippen LogP contribution in [0.15, 0.2) is 66.9 Å². The topological polar surface area (TPSA) is 101 Å². The van der Waals surface area contributed by atoms with Gasteiger partial charge in [0.1, 0.15) is 6.61 Å². The Bertz CT molecular complexity index is 1040. The van der Waals surface area contributed by atoms with Gasteiger partial charge in [0.2, 0.25) is 0 Å². The Morgan fingerprint density at radius 3 is 2.73 bits per heavy atom. The van der Waals surface area contributed by atoms with E-state index in [2.05, 4.69) is 16.4 Å². The second-order valence-electron chi connectivity index (χ2n) is 7.10. The Kier molecular flexibility index (Phi) is 7.01. The van der Waals surface area contributed by atoms with E-state index >= 15 is 0 Å². The summed E-state index contributed by atoms with van der Waals surface area (Å²) in [7, 11) is 0. The van der Waals surface area contributed by atoms with Gasteiger partial charge in [-0.2, -0.15) is 5.26 Å². The van der Waals surface area contributed by atoms with Crippen LogP contribution in [0, 0.1) is 11.3 Å². The first-order valence-corrected chi connectivity index (χ1v) is 9.77. The number of carbonyl (C=O) groups is 1. The first kappa shape index (κ1) is 20.9. The SMILES string of the molecule is CC(CCc1cc(-c2ccc(C#N)cc2N)ccn1)NC(=O)OCc1ccccc1. The number of pyridine rings is 1. The summed E-state index contributed by atoms with van der Waals surface area (Å²) < 4.78 is 5.26. The summed E-state index contributed by atoms with van der Waals surface area (Å²) in [4.78, 5) is 16.4. The molecule has 6 nitrogen and oxygen atoms in total. The average Bonchev–Trinajstić information content (AvgIpc) is 2.77. The normalized spacial score (nSPS) is 11.3. The Morgan fingerprint density at radius 2 is 2.00 bits per heavy atom. The number of ether oxygens (including phenoxy) is 1. The Hall–Kier alpha value is -3.85. The number of anilines is 1. The fourth-order valence-electron chi connectivity index (χ4n) is 3.08. The number of aryl methyl sites for hydroxylation is 1. The number of alkyl carbamates (subject to hydrolysis) is 1. The molecule has 0 aliphatic heterocycles. The molecule has 0 aliphatic rings. The molecule has 0 spiro atoms. The van der Waals surface area contributed by atoms with Crippen LogP contribution in [-0.4, -0.2) is 17.1 Å². The molecule has 1 heterocycles. The number of aromatic nitrogens is 1. The lowest BCUT2D eigenvalue weighted by Crippen LogP contribution is -2.33. The number of benzene rings is 2. The van der Waals surface area contributed by atoms with Gasteiger partial charge in [-0.05, 0) is 55.2 Å². The summed E-state index contributed by atoms with van der Waals surface area (Å²) in [6.07, 6.45) is 2.73. The summed E-state index contributed by atoms with van der Waals surface area (Å²) >= 11 is 0. The summed E-state index contributed by atoms with van der Waals surface area (Å²) in [5.74, 6) is 0. The number of nitriles is 1. The lowest BCUT2D eigenvalue weighted by molar-refractivity contribution is 0.136. The summed E-state index contributed by atoms with van der Waals surface area (Å²) in [5, 5.41) is 11.8. The van der Waals surface area contributed by atoms with Crippen LogP contribution >= 0.6 is 0 Å². The minimum atomic E-state index is -0.432. The van der Waals surface area contributed by atoms with Gasteiger partial charge in [-0.15, -0.1) is 0 Å². The van der Waals surface area contributed by atoms with E-state index in [1.54, 1.807) is 18.3 Å². The number of nitrogens with two attached hydrogens (primary N) is 1. The number of hydrogen-bond donors (Lipinski definition) is 2. The van der Waals surface area contributed by atoms with Gasteiger partial charge >= 0.3 is 6.09 Å². The van der Waals surface area contributed by atoms with Crippen LogP contribution in [0.2, 0.25) is 0 Å². The van der Waals surface area contributed by atoms with Crippen LogP contribution in [0.4, 0.5) is 10.5 Å². The highest BCUT2D eigenvalue weighted by molar-refractivity contribution is 5.77. The first-order valence-electron chi connectivity index (χ1n) is 9.77. The van der Waals surface area contributed by atoms with Gasteiger partial charge in [0, 0.05) is 29.2 Å². The van der Waals surface area contributed by atoms with E-state index in [1.165, 1.54) is 0 Å². The average molecular weight is 400 g/mol. The molecule has 0 saturated carbocycles. The number of nitrogens with zero attached hydrogens (tertiary/aromatic N) is 2. The molecule has 0 fully saturated rings. The number of amides is 1. The maximum Gasteiger partial charge on any atom is 0.407 e. The van der Waals surface area contributed by atoms with Gasteiger partial charge in [-0.3, -0.25) is 4.98 Å². The molecule has 3 rings (SSSR count). The van der Waals surface area contributed by atoms with Gasteiger partial charge in [-0.1, -0.05) is 36.4 Å². The molecule has 1 unspecified atom stereocenters. The zero-order chi connectivity index (χ0) is 21.3. The third kappa shape index (κ3) is 5.82. The molecule has 152 valence electrons. The van der Waals surface area contributed by atoms with Crippen molar-refractivity contribution in [2.75, 3.05) is 5.73 Å². The van der Waals surface area contributed by atoms with Crippen LogP contribution in [0.1, 0.15) is 30.2 Å². The van der Waals surface area contributed by atoms with Crippen molar-refractivity contribution >= 4 is 11.8 Å². The van der Waals surface area contributed by atoms with Crippen molar-refractivity contribution in [1.82, 2.24) is 10.3 Å². The number of rotatable bonds is 7. The molecule has 6 heteroatoms. The molecule has 0 radical (unpaired) electrons. The number of nitrogens with one attached hydrogen (secondary N) is 1. The summed E-state index contributed by atoms with van der Waals surface area (Å²) in [5.41, 5.74) is 10.9. The van der Waals surface area contributed by atoms with Crippen molar-refractivity contribution in [3.8, 4) is 17.2 Å². The lowest BCUT2D eigenvalue weighted by atomic mass is 10.0. The second-order valence-corrected chi connectivity index (χ2v) is 7.10. The van der Waals surface area contributed by atoms with E-state index in [9.17, 15) is 4.79 Å². The Labute approximate surface area is 176 Å². The predicted molar refractivity (Wildman–Crippen MR) is 116 cm³/mol. The Morgan fingerprint density at radius 1 is 1.20 bits per heavy atom. The van der Waals surface area contributed by atoms with E-state index in [4.69, 9.17) is 15.7 Å². The molecular weight excluding hydrogens is 376 g/mol. The van der Waals surface area contributed by atoms with Crippen molar-refractivity contribution < 1.29 is 9.53 Å². The smallest absolute Gasteiger partial charge is 0.407 e. The van der Waals surface area contributed by atoms with Crippen molar-refractivity contribution in [2.24, 2.45) is 0 Å². The van der Waals surface area contributed by atoms with Crippen molar-refractivity contribution in [3.05, 3.63) is 83.7 Å². The van der Waals surface area contributed by atoms with Gasteiger partial charge in [-0.25, -0.2) is 4.79 Å². The van der Waals surface area contributed by atoms with Crippen molar-refractivity contribution in [2.45, 2.75) is 32.4 Å². The third-order valence-corrected chi connectivity index (χ3v) is 4.72. The molecule has 1 aromatic heterocycles. The summed E-state index contributed by atoms with van der Waals surface area (Å²) in [6.45, 7) is 2.18. The van der Waals surface area contributed by atoms with Crippen LogP contribution in [-0.2, 0) is 17.8 Å². The zero-order valence-electron chi connectivity index (χ0n) is 16.8. The molecule has 0 bridgehead atoms. The first-order chi connectivity index (χ1) is 14.5.